The van der Waals surface area contributed by atoms with Crippen LogP contribution in [-0.2, 0) is 17.8 Å². The maximum atomic E-state index is 6.07. The lowest BCUT2D eigenvalue weighted by Crippen LogP contribution is -2.36. The fraction of sp³-hybridized carbons (Fsp3) is 0.619. The van der Waals surface area contributed by atoms with E-state index in [1.807, 2.05) is 6.07 Å². The predicted molar refractivity (Wildman–Crippen MR) is 113 cm³/mol. The number of aromatic nitrogens is 2. The molecule has 1 N–H and O–H groups in total. The Bertz CT molecular complexity index is 701. The van der Waals surface area contributed by atoms with Crippen molar-refractivity contribution in [2.24, 2.45) is 0 Å². The molecular weight excluding hydrogens is 372 g/mol. The zero-order chi connectivity index (χ0) is 19.6. The van der Waals surface area contributed by atoms with E-state index in [9.17, 15) is 0 Å². The Hall–Kier alpha value is -1.54. The molecule has 1 fully saturated rings. The van der Waals surface area contributed by atoms with E-state index in [0.29, 0.717) is 5.92 Å². The number of unbranched alkanes of at least 4 members (excludes halogenated alkanes) is 1. The molecule has 0 atom stereocenters. The first-order valence-corrected chi connectivity index (χ1v) is 11.0. The molecule has 0 saturated carbocycles. The molecule has 0 aliphatic carbocycles. The van der Waals surface area contributed by atoms with Crippen LogP contribution in [0.2, 0.25) is 0 Å². The molecule has 3 rings (SSSR count). The van der Waals surface area contributed by atoms with Gasteiger partial charge in [-0.1, -0.05) is 36.5 Å². The Morgan fingerprint density at radius 3 is 2.82 bits per heavy atom. The molecule has 7 heteroatoms. The van der Waals surface area contributed by atoms with Gasteiger partial charge >= 0.3 is 0 Å². The summed E-state index contributed by atoms with van der Waals surface area (Å²) in [5, 5.41) is 7.76. The molecule has 1 aliphatic rings. The Morgan fingerprint density at radius 1 is 1.18 bits per heavy atom. The molecule has 0 amide bonds. The topological polar surface area (TPSA) is 59.5 Å². The molecule has 1 aromatic carbocycles. The highest BCUT2D eigenvalue weighted by Gasteiger charge is 2.12. The first-order valence-electron chi connectivity index (χ1n) is 10.3. The Kier molecular flexibility index (Phi) is 8.67. The van der Waals surface area contributed by atoms with Gasteiger partial charge in [0.25, 0.3) is 0 Å². The first kappa shape index (κ1) is 21.2. The van der Waals surface area contributed by atoms with Gasteiger partial charge in [0.1, 0.15) is 5.75 Å². The van der Waals surface area contributed by atoms with Crippen molar-refractivity contribution in [3.63, 3.8) is 0 Å². The summed E-state index contributed by atoms with van der Waals surface area (Å²) in [5.41, 5.74) is 2.29. The summed E-state index contributed by atoms with van der Waals surface area (Å²) in [7, 11) is 0. The van der Waals surface area contributed by atoms with E-state index < -0.39 is 0 Å². The van der Waals surface area contributed by atoms with Crippen LogP contribution in [0.5, 0.6) is 5.75 Å². The number of morpholine rings is 1. The summed E-state index contributed by atoms with van der Waals surface area (Å²) in [6.07, 6.45) is 2.24. The van der Waals surface area contributed by atoms with Crippen LogP contribution in [0, 0.1) is 0 Å². The standard InChI is InChI=1S/C21H32N4O2S/c1-17(2)21-20(28-24-23-21)16-22-15-18-7-3-4-8-19(18)27-12-6-5-9-25-10-13-26-14-11-25/h3-4,7-8,17,22H,5-6,9-16H2,1-2H3. The summed E-state index contributed by atoms with van der Waals surface area (Å²) in [4.78, 5) is 3.69. The second kappa shape index (κ2) is 11.5. The highest BCUT2D eigenvalue weighted by Crippen LogP contribution is 2.21. The molecule has 0 unspecified atom stereocenters. The highest BCUT2D eigenvalue weighted by atomic mass is 32.1. The zero-order valence-corrected chi connectivity index (χ0v) is 17.8. The number of nitrogens with one attached hydrogen (secondary N) is 1. The normalized spacial score (nSPS) is 15.2. The minimum Gasteiger partial charge on any atom is -0.493 e. The van der Waals surface area contributed by atoms with Gasteiger partial charge in [0, 0.05) is 31.7 Å². The fourth-order valence-electron chi connectivity index (χ4n) is 3.32. The van der Waals surface area contributed by atoms with Crippen molar-refractivity contribution in [2.45, 2.75) is 45.7 Å². The lowest BCUT2D eigenvalue weighted by molar-refractivity contribution is 0.0368. The summed E-state index contributed by atoms with van der Waals surface area (Å²) in [6, 6.07) is 8.30. The molecule has 1 aliphatic heterocycles. The van der Waals surface area contributed by atoms with Crippen LogP contribution < -0.4 is 10.1 Å². The van der Waals surface area contributed by atoms with Crippen molar-refractivity contribution in [3.05, 3.63) is 40.4 Å². The van der Waals surface area contributed by atoms with Crippen molar-refractivity contribution in [1.82, 2.24) is 19.8 Å². The number of ether oxygens (including phenoxy) is 2. The Balaban J connectivity index is 1.39. The van der Waals surface area contributed by atoms with Gasteiger partial charge < -0.3 is 14.8 Å². The molecule has 1 aromatic heterocycles. The summed E-state index contributed by atoms with van der Waals surface area (Å²) < 4.78 is 15.6. The van der Waals surface area contributed by atoms with Crippen molar-refractivity contribution < 1.29 is 9.47 Å². The maximum absolute atomic E-state index is 6.07. The SMILES string of the molecule is CC(C)c1nnsc1CNCc1ccccc1OCCCCN1CCOCC1. The van der Waals surface area contributed by atoms with Crippen molar-refractivity contribution in [3.8, 4) is 5.75 Å². The second-order valence-electron chi connectivity index (χ2n) is 7.46. The minimum atomic E-state index is 0.406. The molecule has 1 saturated heterocycles. The van der Waals surface area contributed by atoms with E-state index in [-0.39, 0.29) is 0 Å². The minimum absolute atomic E-state index is 0.406. The summed E-state index contributed by atoms with van der Waals surface area (Å²) in [5.74, 6) is 1.39. The van der Waals surface area contributed by atoms with Gasteiger partial charge in [0.2, 0.25) is 0 Å². The molecule has 0 spiro atoms. The van der Waals surface area contributed by atoms with Crippen LogP contribution in [0.3, 0.4) is 0 Å². The van der Waals surface area contributed by atoms with Crippen LogP contribution in [0.15, 0.2) is 24.3 Å². The van der Waals surface area contributed by atoms with Gasteiger partial charge in [-0.25, -0.2) is 0 Å². The van der Waals surface area contributed by atoms with E-state index in [1.54, 1.807) is 0 Å². The largest absolute Gasteiger partial charge is 0.493 e. The molecule has 28 heavy (non-hydrogen) atoms. The van der Waals surface area contributed by atoms with Gasteiger partial charge in [-0.2, -0.15) is 0 Å². The monoisotopic (exact) mass is 404 g/mol. The maximum Gasteiger partial charge on any atom is 0.123 e. The van der Waals surface area contributed by atoms with Gasteiger partial charge in [-0.3, -0.25) is 4.90 Å². The van der Waals surface area contributed by atoms with E-state index in [4.69, 9.17) is 9.47 Å². The molecule has 154 valence electrons. The highest BCUT2D eigenvalue weighted by molar-refractivity contribution is 7.05. The molecular formula is C21H32N4O2S. The molecule has 2 aromatic rings. The van der Waals surface area contributed by atoms with Crippen LogP contribution in [-0.4, -0.2) is 53.9 Å². The van der Waals surface area contributed by atoms with E-state index in [1.165, 1.54) is 22.0 Å². The third-order valence-electron chi connectivity index (χ3n) is 4.94. The van der Waals surface area contributed by atoms with Gasteiger partial charge in [-0.05, 0) is 42.9 Å². The van der Waals surface area contributed by atoms with Crippen molar-refractivity contribution in [2.75, 3.05) is 39.5 Å². The third kappa shape index (κ3) is 6.51. The first-order chi connectivity index (χ1) is 13.7. The number of benzene rings is 1. The zero-order valence-electron chi connectivity index (χ0n) is 17.0. The van der Waals surface area contributed by atoms with Crippen LogP contribution >= 0.6 is 11.5 Å². The van der Waals surface area contributed by atoms with Crippen LogP contribution in [0.1, 0.15) is 48.7 Å². The van der Waals surface area contributed by atoms with E-state index >= 15 is 0 Å². The number of hydrogen-bond acceptors (Lipinski definition) is 7. The summed E-state index contributed by atoms with van der Waals surface area (Å²) in [6.45, 7) is 11.6. The molecule has 6 nitrogen and oxygen atoms in total. The number of rotatable bonds is 11. The Morgan fingerprint density at radius 2 is 2.00 bits per heavy atom. The average molecular weight is 405 g/mol. The molecule has 0 radical (unpaired) electrons. The average Bonchev–Trinajstić information content (AvgIpc) is 3.18. The van der Waals surface area contributed by atoms with Crippen molar-refractivity contribution in [1.29, 1.82) is 0 Å². The third-order valence-corrected chi connectivity index (χ3v) is 5.67. The molecule has 2 heterocycles. The summed E-state index contributed by atoms with van der Waals surface area (Å²) >= 11 is 1.48. The molecule has 0 bridgehead atoms. The Labute approximate surface area is 172 Å². The fourth-order valence-corrected chi connectivity index (χ4v) is 4.09. The predicted octanol–water partition coefficient (Wildman–Crippen LogP) is 3.44. The van der Waals surface area contributed by atoms with Crippen LogP contribution in [0.4, 0.5) is 0 Å². The van der Waals surface area contributed by atoms with Gasteiger partial charge in [0.05, 0.1) is 30.4 Å². The van der Waals surface area contributed by atoms with Gasteiger partial charge in [0.15, 0.2) is 0 Å². The smallest absolute Gasteiger partial charge is 0.123 e. The number of nitrogens with zero attached hydrogens (tertiary/aromatic N) is 3. The lowest BCUT2D eigenvalue weighted by atomic mass is 10.1. The van der Waals surface area contributed by atoms with E-state index in [0.717, 1.165) is 76.8 Å². The van der Waals surface area contributed by atoms with Crippen molar-refractivity contribution >= 4 is 11.5 Å². The lowest BCUT2D eigenvalue weighted by Gasteiger charge is -2.26. The van der Waals surface area contributed by atoms with Crippen LogP contribution in [0.25, 0.3) is 0 Å². The van der Waals surface area contributed by atoms with Gasteiger partial charge in [-0.15, -0.1) is 5.10 Å². The quantitative estimate of drug-likeness (QED) is 0.579. The number of hydrogen-bond donors (Lipinski definition) is 1. The van der Waals surface area contributed by atoms with E-state index in [2.05, 4.69) is 51.9 Å². The number of para-hydroxylation sites is 1. The second-order valence-corrected chi connectivity index (χ2v) is 8.30.